The van der Waals surface area contributed by atoms with Gasteiger partial charge in [-0.1, -0.05) is 48.0 Å². The van der Waals surface area contributed by atoms with E-state index in [1.807, 2.05) is 25.1 Å². The monoisotopic (exact) mass is 405 g/mol. The molecule has 0 aliphatic rings. The van der Waals surface area contributed by atoms with Crippen molar-refractivity contribution in [2.45, 2.75) is 20.4 Å². The Kier molecular flexibility index (Phi) is 5.36. The Labute approximate surface area is 173 Å². The number of esters is 1. The molecule has 5 heteroatoms. The molecule has 0 spiro atoms. The van der Waals surface area contributed by atoms with Gasteiger partial charge in [0.25, 0.3) is 0 Å². The standard InChI is InChI=1S/C25H21F2NO2/c1-3-30-25(29)24-23(18-9-5-7-11-21(18)27)19-14-16(2)12-13-22(19)28(24)15-17-8-4-6-10-20(17)26/h4-14H,3,15H2,1-2H3. The molecule has 0 fully saturated rings. The summed E-state index contributed by atoms with van der Waals surface area (Å²) in [6.07, 6.45) is 0. The van der Waals surface area contributed by atoms with E-state index in [0.717, 1.165) is 10.9 Å². The molecule has 30 heavy (non-hydrogen) atoms. The zero-order valence-corrected chi connectivity index (χ0v) is 16.8. The number of rotatable bonds is 5. The lowest BCUT2D eigenvalue weighted by Crippen LogP contribution is -2.14. The molecular weight excluding hydrogens is 384 g/mol. The van der Waals surface area contributed by atoms with Crippen LogP contribution in [-0.4, -0.2) is 17.1 Å². The first kappa shape index (κ1) is 19.8. The number of carbonyl (C=O) groups is 1. The van der Waals surface area contributed by atoms with E-state index in [4.69, 9.17) is 4.74 Å². The van der Waals surface area contributed by atoms with Crippen molar-refractivity contribution in [1.29, 1.82) is 0 Å². The van der Waals surface area contributed by atoms with Gasteiger partial charge in [-0.15, -0.1) is 0 Å². The van der Waals surface area contributed by atoms with Gasteiger partial charge in [0, 0.05) is 27.6 Å². The Morgan fingerprint density at radius 1 is 0.967 bits per heavy atom. The number of carbonyl (C=O) groups excluding carboxylic acids is 1. The van der Waals surface area contributed by atoms with Gasteiger partial charge in [-0.2, -0.15) is 0 Å². The van der Waals surface area contributed by atoms with Crippen LogP contribution in [0.3, 0.4) is 0 Å². The lowest BCUT2D eigenvalue weighted by Gasteiger charge is -2.12. The number of aromatic nitrogens is 1. The molecule has 1 heterocycles. The van der Waals surface area contributed by atoms with E-state index in [9.17, 15) is 13.6 Å². The molecule has 0 saturated heterocycles. The fraction of sp³-hybridized carbons (Fsp3) is 0.160. The normalized spacial score (nSPS) is 11.1. The number of aryl methyl sites for hydroxylation is 1. The topological polar surface area (TPSA) is 31.2 Å². The highest BCUT2D eigenvalue weighted by Crippen LogP contribution is 2.38. The minimum atomic E-state index is -0.569. The van der Waals surface area contributed by atoms with Crippen molar-refractivity contribution in [3.8, 4) is 11.1 Å². The van der Waals surface area contributed by atoms with E-state index in [1.54, 1.807) is 47.9 Å². The van der Waals surface area contributed by atoms with Gasteiger partial charge in [-0.25, -0.2) is 13.6 Å². The highest BCUT2D eigenvalue weighted by Gasteiger charge is 2.27. The van der Waals surface area contributed by atoms with Crippen molar-refractivity contribution in [3.05, 3.63) is 95.2 Å². The highest BCUT2D eigenvalue weighted by molar-refractivity contribution is 6.09. The van der Waals surface area contributed by atoms with Crippen LogP contribution in [0.25, 0.3) is 22.0 Å². The molecule has 0 aliphatic carbocycles. The molecule has 4 rings (SSSR count). The van der Waals surface area contributed by atoms with Gasteiger partial charge in [0.05, 0.1) is 13.2 Å². The molecule has 0 saturated carbocycles. The van der Waals surface area contributed by atoms with E-state index in [1.165, 1.54) is 12.1 Å². The first-order valence-electron chi connectivity index (χ1n) is 9.79. The molecule has 0 bridgehead atoms. The van der Waals surface area contributed by atoms with E-state index in [0.29, 0.717) is 22.2 Å². The van der Waals surface area contributed by atoms with Gasteiger partial charge in [-0.05, 0) is 38.1 Å². The van der Waals surface area contributed by atoms with Crippen LogP contribution < -0.4 is 0 Å². The van der Waals surface area contributed by atoms with Crippen LogP contribution in [0.2, 0.25) is 0 Å². The van der Waals surface area contributed by atoms with Gasteiger partial charge in [-0.3, -0.25) is 0 Å². The predicted octanol–water partition coefficient (Wildman–Crippen LogP) is 6.12. The zero-order chi connectivity index (χ0) is 21.3. The fourth-order valence-electron chi connectivity index (χ4n) is 3.78. The Morgan fingerprint density at radius 2 is 1.67 bits per heavy atom. The average molecular weight is 405 g/mol. The van der Waals surface area contributed by atoms with Gasteiger partial charge >= 0.3 is 5.97 Å². The Bertz CT molecular complexity index is 1240. The third kappa shape index (κ3) is 3.47. The molecule has 1 aromatic heterocycles. The number of benzene rings is 3. The van der Waals surface area contributed by atoms with Crippen LogP contribution in [-0.2, 0) is 11.3 Å². The SMILES string of the molecule is CCOC(=O)c1c(-c2ccccc2F)c2cc(C)ccc2n1Cc1ccccc1F. The maximum absolute atomic E-state index is 14.8. The van der Waals surface area contributed by atoms with E-state index in [-0.39, 0.29) is 24.7 Å². The van der Waals surface area contributed by atoms with Gasteiger partial charge in [0.1, 0.15) is 17.3 Å². The maximum atomic E-state index is 14.8. The Morgan fingerprint density at radius 3 is 2.37 bits per heavy atom. The molecule has 0 radical (unpaired) electrons. The Balaban J connectivity index is 2.07. The molecular formula is C25H21F2NO2. The number of hydrogen-bond donors (Lipinski definition) is 0. The second-order valence-electron chi connectivity index (χ2n) is 7.12. The van der Waals surface area contributed by atoms with Crippen LogP contribution in [0.1, 0.15) is 28.5 Å². The summed E-state index contributed by atoms with van der Waals surface area (Å²) in [5.74, 6) is -1.37. The lowest BCUT2D eigenvalue weighted by atomic mass is 10.00. The molecule has 4 aromatic rings. The summed E-state index contributed by atoms with van der Waals surface area (Å²) in [5.41, 5.74) is 3.10. The van der Waals surface area contributed by atoms with Gasteiger partial charge < -0.3 is 9.30 Å². The average Bonchev–Trinajstić information content (AvgIpc) is 3.03. The predicted molar refractivity (Wildman–Crippen MR) is 114 cm³/mol. The quantitative estimate of drug-likeness (QED) is 0.375. The van der Waals surface area contributed by atoms with Crippen LogP contribution >= 0.6 is 0 Å². The molecule has 3 aromatic carbocycles. The first-order chi connectivity index (χ1) is 14.5. The molecule has 3 nitrogen and oxygen atoms in total. The van der Waals surface area contributed by atoms with Crippen LogP contribution in [0.4, 0.5) is 8.78 Å². The molecule has 0 amide bonds. The van der Waals surface area contributed by atoms with E-state index in [2.05, 4.69) is 0 Å². The smallest absolute Gasteiger partial charge is 0.355 e. The number of hydrogen-bond acceptors (Lipinski definition) is 2. The number of ether oxygens (including phenoxy) is 1. The summed E-state index contributed by atoms with van der Waals surface area (Å²) in [6.45, 7) is 3.95. The van der Waals surface area contributed by atoms with Gasteiger partial charge in [0.15, 0.2) is 0 Å². The first-order valence-corrected chi connectivity index (χ1v) is 9.79. The van der Waals surface area contributed by atoms with Crippen LogP contribution in [0.15, 0.2) is 66.7 Å². The molecule has 0 unspecified atom stereocenters. The van der Waals surface area contributed by atoms with Crippen molar-refractivity contribution in [2.75, 3.05) is 6.61 Å². The molecule has 0 aliphatic heterocycles. The second kappa shape index (κ2) is 8.11. The third-order valence-electron chi connectivity index (χ3n) is 5.12. The van der Waals surface area contributed by atoms with Crippen molar-refractivity contribution in [2.24, 2.45) is 0 Å². The van der Waals surface area contributed by atoms with Crippen LogP contribution in [0, 0.1) is 18.6 Å². The minimum absolute atomic E-state index is 0.120. The summed E-state index contributed by atoms with van der Waals surface area (Å²) < 4.78 is 36.3. The summed E-state index contributed by atoms with van der Waals surface area (Å²) in [7, 11) is 0. The van der Waals surface area contributed by atoms with E-state index < -0.39 is 11.8 Å². The second-order valence-corrected chi connectivity index (χ2v) is 7.12. The van der Waals surface area contributed by atoms with Crippen molar-refractivity contribution >= 4 is 16.9 Å². The largest absolute Gasteiger partial charge is 0.461 e. The number of fused-ring (bicyclic) bond motifs is 1. The summed E-state index contributed by atoms with van der Waals surface area (Å²) in [6, 6.07) is 18.5. The van der Waals surface area contributed by atoms with Crippen molar-refractivity contribution in [1.82, 2.24) is 4.57 Å². The molecule has 0 N–H and O–H groups in total. The number of nitrogens with zero attached hydrogens (tertiary/aromatic N) is 1. The minimum Gasteiger partial charge on any atom is -0.461 e. The fourth-order valence-corrected chi connectivity index (χ4v) is 3.78. The summed E-state index contributed by atoms with van der Waals surface area (Å²) in [5, 5.41) is 0.722. The summed E-state index contributed by atoms with van der Waals surface area (Å²) in [4.78, 5) is 13.0. The highest BCUT2D eigenvalue weighted by atomic mass is 19.1. The maximum Gasteiger partial charge on any atom is 0.355 e. The van der Waals surface area contributed by atoms with Crippen molar-refractivity contribution in [3.63, 3.8) is 0 Å². The number of halogens is 2. The molecule has 152 valence electrons. The van der Waals surface area contributed by atoms with Crippen LogP contribution in [0.5, 0.6) is 0 Å². The third-order valence-corrected chi connectivity index (χ3v) is 5.12. The Hall–Kier alpha value is -3.47. The van der Waals surface area contributed by atoms with E-state index >= 15 is 0 Å². The molecule has 0 atom stereocenters. The summed E-state index contributed by atoms with van der Waals surface area (Å²) >= 11 is 0. The van der Waals surface area contributed by atoms with Crippen molar-refractivity contribution < 1.29 is 18.3 Å². The lowest BCUT2D eigenvalue weighted by molar-refractivity contribution is 0.0516. The zero-order valence-electron chi connectivity index (χ0n) is 16.8. The van der Waals surface area contributed by atoms with Gasteiger partial charge in [0.2, 0.25) is 0 Å².